The fraction of sp³-hybridized carbons (Fsp3) is 0.200. The van der Waals surface area contributed by atoms with Gasteiger partial charge in [-0.05, 0) is 29.7 Å². The molecule has 0 bridgehead atoms. The van der Waals surface area contributed by atoms with Gasteiger partial charge in [0.25, 0.3) is 0 Å². The summed E-state index contributed by atoms with van der Waals surface area (Å²) in [4.78, 5) is 0. The molecule has 1 heterocycles. The minimum atomic E-state index is 0.780. The lowest BCUT2D eigenvalue weighted by Crippen LogP contribution is -2.01. The number of hydrogen-bond donors (Lipinski definition) is 0. The van der Waals surface area contributed by atoms with Crippen molar-refractivity contribution in [1.29, 1.82) is 0 Å². The monoisotopic (exact) mass is 210 g/mol. The van der Waals surface area contributed by atoms with E-state index in [4.69, 9.17) is 4.74 Å². The van der Waals surface area contributed by atoms with Crippen LogP contribution in [-0.4, -0.2) is 6.61 Å². The Hall–Kier alpha value is -1.76. The summed E-state index contributed by atoms with van der Waals surface area (Å²) in [7, 11) is 0. The topological polar surface area (TPSA) is 9.23 Å². The van der Waals surface area contributed by atoms with Crippen LogP contribution in [0.3, 0.4) is 0 Å². The van der Waals surface area contributed by atoms with E-state index in [9.17, 15) is 0 Å². The van der Waals surface area contributed by atoms with E-state index in [1.807, 2.05) is 0 Å². The Bertz CT molecular complexity index is 540. The van der Waals surface area contributed by atoms with Crippen LogP contribution in [0, 0.1) is 0 Å². The molecule has 0 aliphatic carbocycles. The average molecular weight is 210 g/mol. The van der Waals surface area contributed by atoms with Gasteiger partial charge in [0.2, 0.25) is 0 Å². The molecule has 2 aromatic carbocycles. The molecule has 0 amide bonds. The Labute approximate surface area is 95.4 Å². The van der Waals surface area contributed by atoms with Crippen molar-refractivity contribution in [3.63, 3.8) is 0 Å². The fourth-order valence-electron chi connectivity index (χ4n) is 2.22. The number of rotatable bonds is 0. The molecule has 0 fully saturated rings. The molecule has 1 heteroatoms. The van der Waals surface area contributed by atoms with E-state index in [1.54, 1.807) is 0 Å². The molecule has 3 rings (SSSR count). The van der Waals surface area contributed by atoms with Gasteiger partial charge in [0.1, 0.15) is 5.75 Å². The average Bonchev–Trinajstić information content (AvgIpc) is 2.29. The molecule has 80 valence electrons. The zero-order valence-electron chi connectivity index (χ0n) is 9.15. The summed E-state index contributed by atoms with van der Waals surface area (Å²) >= 11 is 0. The molecule has 1 nitrogen and oxygen atoms in total. The third kappa shape index (κ3) is 1.58. The van der Waals surface area contributed by atoms with Crippen molar-refractivity contribution in [1.82, 2.24) is 0 Å². The van der Waals surface area contributed by atoms with Crippen LogP contribution >= 0.6 is 0 Å². The predicted molar refractivity (Wildman–Crippen MR) is 66.9 cm³/mol. The van der Waals surface area contributed by atoms with E-state index in [-0.39, 0.29) is 0 Å². The predicted octanol–water partition coefficient (Wildman–Crippen LogP) is 3.72. The summed E-state index contributed by atoms with van der Waals surface area (Å²) in [5.74, 6) is 1.04. The summed E-state index contributed by atoms with van der Waals surface area (Å²) < 4.78 is 5.79. The lowest BCUT2D eigenvalue weighted by molar-refractivity contribution is 0.321. The molecule has 0 saturated carbocycles. The lowest BCUT2D eigenvalue weighted by atomic mass is 10.0. The summed E-state index contributed by atoms with van der Waals surface area (Å²) in [5.41, 5.74) is 1.31. The van der Waals surface area contributed by atoms with Gasteiger partial charge in [0.05, 0.1) is 6.61 Å². The first-order valence-electron chi connectivity index (χ1n) is 5.73. The van der Waals surface area contributed by atoms with Gasteiger partial charge in [-0.15, -0.1) is 0 Å². The molecular formula is C15H14O. The van der Waals surface area contributed by atoms with Crippen molar-refractivity contribution in [2.75, 3.05) is 6.61 Å². The fourth-order valence-corrected chi connectivity index (χ4v) is 2.22. The second-order valence-electron chi connectivity index (χ2n) is 4.08. The van der Waals surface area contributed by atoms with E-state index in [0.29, 0.717) is 0 Å². The van der Waals surface area contributed by atoms with E-state index in [1.165, 1.54) is 16.3 Å². The van der Waals surface area contributed by atoms with Crippen LogP contribution in [0.5, 0.6) is 5.75 Å². The Morgan fingerprint density at radius 3 is 2.88 bits per heavy atom. The van der Waals surface area contributed by atoms with Gasteiger partial charge in [-0.25, -0.2) is 0 Å². The molecule has 1 aliphatic heterocycles. The smallest absolute Gasteiger partial charge is 0.123 e. The minimum Gasteiger partial charge on any atom is -0.493 e. The van der Waals surface area contributed by atoms with Crippen LogP contribution in [0.25, 0.3) is 10.8 Å². The van der Waals surface area contributed by atoms with Gasteiger partial charge in [0.15, 0.2) is 0 Å². The second kappa shape index (κ2) is 4.01. The van der Waals surface area contributed by atoms with Crippen molar-refractivity contribution in [2.45, 2.75) is 12.8 Å². The molecule has 0 unspecified atom stereocenters. The number of fused-ring (bicyclic) bond motifs is 3. The normalized spacial score (nSPS) is 17.0. The third-order valence-corrected chi connectivity index (χ3v) is 3.03. The Morgan fingerprint density at radius 2 is 1.88 bits per heavy atom. The van der Waals surface area contributed by atoms with Crippen LogP contribution in [0.1, 0.15) is 12.0 Å². The van der Waals surface area contributed by atoms with Crippen LogP contribution in [0.4, 0.5) is 0 Å². The summed E-state index contributed by atoms with van der Waals surface area (Å²) in [5, 5.41) is 2.60. The molecule has 2 aromatic rings. The van der Waals surface area contributed by atoms with E-state index in [2.05, 4.69) is 48.6 Å². The maximum Gasteiger partial charge on any atom is 0.123 e. The van der Waals surface area contributed by atoms with Gasteiger partial charge in [-0.3, -0.25) is 0 Å². The molecule has 0 N–H and O–H groups in total. The highest BCUT2D eigenvalue weighted by Gasteiger charge is 2.08. The highest BCUT2D eigenvalue weighted by molar-refractivity contribution is 5.88. The van der Waals surface area contributed by atoms with Crippen molar-refractivity contribution in [2.24, 2.45) is 0 Å². The maximum absolute atomic E-state index is 5.79. The molecule has 0 spiro atoms. The first-order chi connectivity index (χ1) is 7.95. The van der Waals surface area contributed by atoms with E-state index >= 15 is 0 Å². The minimum absolute atomic E-state index is 0.780. The summed E-state index contributed by atoms with van der Waals surface area (Å²) in [6.07, 6.45) is 6.42. The Balaban J connectivity index is 2.24. The zero-order chi connectivity index (χ0) is 10.8. The molecule has 0 radical (unpaired) electrons. The van der Waals surface area contributed by atoms with Crippen molar-refractivity contribution in [3.05, 3.63) is 54.1 Å². The molecule has 0 saturated heterocycles. The molecular weight excluding hydrogens is 196 g/mol. The number of ether oxygens (including phenoxy) is 1. The quantitative estimate of drug-likeness (QED) is 0.602. The van der Waals surface area contributed by atoms with Crippen LogP contribution in [0.2, 0.25) is 0 Å². The standard InChI is InChI=1S/C15H14O/c1-2-8-14-13-7-4-3-6-12(13)9-10-15(14)16-11-5-1/h1-4,6-7,9-10H,5,8,11H2/b2-1-. The van der Waals surface area contributed by atoms with Gasteiger partial charge in [-0.1, -0.05) is 42.5 Å². The van der Waals surface area contributed by atoms with Gasteiger partial charge in [0, 0.05) is 5.56 Å². The van der Waals surface area contributed by atoms with Crippen molar-refractivity contribution >= 4 is 10.8 Å². The maximum atomic E-state index is 5.79. The van der Waals surface area contributed by atoms with Crippen LogP contribution < -0.4 is 4.74 Å². The molecule has 0 atom stereocenters. The largest absolute Gasteiger partial charge is 0.493 e. The molecule has 1 aliphatic rings. The second-order valence-corrected chi connectivity index (χ2v) is 4.08. The summed E-state index contributed by atoms with van der Waals surface area (Å²) in [6.45, 7) is 0.780. The zero-order valence-corrected chi connectivity index (χ0v) is 9.15. The number of hydrogen-bond acceptors (Lipinski definition) is 1. The van der Waals surface area contributed by atoms with Crippen LogP contribution in [-0.2, 0) is 6.42 Å². The summed E-state index contributed by atoms with van der Waals surface area (Å²) in [6, 6.07) is 12.7. The van der Waals surface area contributed by atoms with Crippen molar-refractivity contribution in [3.8, 4) is 5.75 Å². The highest BCUT2D eigenvalue weighted by Crippen LogP contribution is 2.29. The molecule has 0 aromatic heterocycles. The first kappa shape index (κ1) is 9.46. The van der Waals surface area contributed by atoms with Gasteiger partial charge >= 0.3 is 0 Å². The van der Waals surface area contributed by atoms with Gasteiger partial charge in [-0.2, -0.15) is 0 Å². The molecule has 16 heavy (non-hydrogen) atoms. The number of benzene rings is 2. The first-order valence-corrected chi connectivity index (χ1v) is 5.73. The Kier molecular flexibility index (Phi) is 2.37. The number of allylic oxidation sites excluding steroid dienone is 1. The SMILES string of the molecule is C1=C\Cc2c(ccc3ccccc23)OCC/1. The van der Waals surface area contributed by atoms with E-state index < -0.39 is 0 Å². The third-order valence-electron chi connectivity index (χ3n) is 3.03. The van der Waals surface area contributed by atoms with E-state index in [0.717, 1.165) is 25.2 Å². The van der Waals surface area contributed by atoms with Crippen LogP contribution in [0.15, 0.2) is 48.6 Å². The lowest BCUT2D eigenvalue weighted by Gasteiger charge is -2.14. The highest BCUT2D eigenvalue weighted by atomic mass is 16.5. The van der Waals surface area contributed by atoms with Crippen molar-refractivity contribution < 1.29 is 4.74 Å². The van der Waals surface area contributed by atoms with Gasteiger partial charge < -0.3 is 4.74 Å². The Morgan fingerprint density at radius 1 is 0.938 bits per heavy atom.